The summed E-state index contributed by atoms with van der Waals surface area (Å²) in [6.45, 7) is 6.18. The van der Waals surface area contributed by atoms with Crippen molar-refractivity contribution in [1.29, 1.82) is 0 Å². The van der Waals surface area contributed by atoms with Crippen LogP contribution < -0.4 is 0 Å². The van der Waals surface area contributed by atoms with Gasteiger partial charge in [-0.25, -0.2) is 0 Å². The van der Waals surface area contributed by atoms with Crippen molar-refractivity contribution < 1.29 is 19.4 Å². The van der Waals surface area contributed by atoms with E-state index in [1.807, 2.05) is 6.92 Å². The van der Waals surface area contributed by atoms with E-state index in [4.69, 9.17) is 0 Å². The first-order chi connectivity index (χ1) is 5.13. The second kappa shape index (κ2) is 3.36. The van der Waals surface area contributed by atoms with Crippen molar-refractivity contribution in [2.45, 2.75) is 20.8 Å². The minimum atomic E-state index is 1.08. The van der Waals surface area contributed by atoms with Gasteiger partial charge in [0.2, 0.25) is 0 Å². The summed E-state index contributed by atoms with van der Waals surface area (Å²) in [6, 6.07) is 0. The van der Waals surface area contributed by atoms with Crippen molar-refractivity contribution in [3.8, 4) is 0 Å². The molecule has 0 aliphatic heterocycles. The molecule has 0 aliphatic carbocycles. The zero-order chi connectivity index (χ0) is 8.43. The van der Waals surface area contributed by atoms with Gasteiger partial charge in [-0.15, -0.1) is 0 Å². The number of aryl methyl sites for hydroxylation is 1. The van der Waals surface area contributed by atoms with Crippen LogP contribution in [0, 0.1) is 13.8 Å². The number of hydrogen-bond acceptors (Lipinski definition) is 2. The van der Waals surface area contributed by atoms with E-state index in [2.05, 4.69) is 23.8 Å². The predicted octanol–water partition coefficient (Wildman–Crippen LogP) is 1.18. The van der Waals surface area contributed by atoms with E-state index in [9.17, 15) is 0 Å². The molecule has 0 unspecified atom stereocenters. The van der Waals surface area contributed by atoms with Crippen LogP contribution in [0.25, 0.3) is 0 Å². The van der Waals surface area contributed by atoms with Crippen molar-refractivity contribution >= 4 is 3.90 Å². The average molecular weight is 318 g/mol. The van der Waals surface area contributed by atoms with Crippen LogP contribution in [0.2, 0.25) is 0 Å². The van der Waals surface area contributed by atoms with Gasteiger partial charge < -0.3 is 0 Å². The van der Waals surface area contributed by atoms with Gasteiger partial charge in [0.25, 0.3) is 0 Å². The van der Waals surface area contributed by atoms with E-state index in [0.717, 1.165) is 11.4 Å². The summed E-state index contributed by atoms with van der Waals surface area (Å²) < 4.78 is 1.33. The summed E-state index contributed by atoms with van der Waals surface area (Å²) in [7, 11) is 0. The molecule has 0 N–H and O–H groups in total. The van der Waals surface area contributed by atoms with Gasteiger partial charge in [-0.3, -0.25) is 0 Å². The zero-order valence-corrected chi connectivity index (χ0v) is 9.81. The quantitative estimate of drug-likeness (QED) is 0.777. The molecular weight excluding hydrogens is 308 g/mol. The zero-order valence-electron chi connectivity index (χ0n) is 6.88. The molecule has 1 aromatic rings. The van der Waals surface area contributed by atoms with Crippen molar-refractivity contribution in [2.75, 3.05) is 0 Å². The van der Waals surface area contributed by atoms with Gasteiger partial charge in [0.15, 0.2) is 0 Å². The van der Waals surface area contributed by atoms with Gasteiger partial charge in [0, 0.05) is 0 Å². The van der Waals surface area contributed by atoms with E-state index in [1.165, 1.54) is 28.8 Å². The van der Waals surface area contributed by atoms with Gasteiger partial charge in [-0.2, -0.15) is 0 Å². The van der Waals surface area contributed by atoms with E-state index >= 15 is 0 Å². The molecule has 0 aliphatic rings. The van der Waals surface area contributed by atoms with E-state index < -0.39 is 0 Å². The van der Waals surface area contributed by atoms with Crippen LogP contribution in [0.5, 0.6) is 0 Å². The van der Waals surface area contributed by atoms with Crippen LogP contribution >= 0.6 is 0 Å². The Labute approximate surface area is 77.5 Å². The van der Waals surface area contributed by atoms with Crippen LogP contribution in [0.3, 0.4) is 0 Å². The molecule has 0 fully saturated rings. The Balaban J connectivity index is 3.27. The molecule has 0 saturated carbocycles. The van der Waals surface area contributed by atoms with Crippen molar-refractivity contribution in [2.24, 2.45) is 0 Å². The maximum atomic E-state index is 4.21. The topological polar surface area (TPSA) is 25.8 Å². The van der Waals surface area contributed by atoms with Gasteiger partial charge in [0.05, 0.1) is 0 Å². The fourth-order valence-corrected chi connectivity index (χ4v) is 1.63. The molecule has 0 radical (unpaired) electrons. The Kier molecular flexibility index (Phi) is 2.66. The van der Waals surface area contributed by atoms with Crippen molar-refractivity contribution in [1.82, 2.24) is 9.97 Å². The van der Waals surface area contributed by atoms with Crippen LogP contribution in [-0.4, -0.2) is 13.9 Å². The van der Waals surface area contributed by atoms with E-state index in [1.54, 1.807) is 6.33 Å². The number of nitrogens with zero attached hydrogens (tertiary/aromatic N) is 2. The van der Waals surface area contributed by atoms with Crippen LogP contribution in [-0.2, 0) is 19.4 Å². The van der Waals surface area contributed by atoms with Crippen molar-refractivity contribution in [3.63, 3.8) is 0 Å². The SMILES string of the molecule is C[C](=[W])c1ncnc(C)c1C. The molecule has 1 rings (SSSR count). The molecule has 3 heteroatoms. The Bertz CT molecular complexity index is 294. The summed E-state index contributed by atoms with van der Waals surface area (Å²) in [4.78, 5) is 8.32. The van der Waals surface area contributed by atoms with Crippen LogP contribution in [0.4, 0.5) is 0 Å². The predicted molar refractivity (Wildman–Crippen MR) is 41.3 cm³/mol. The van der Waals surface area contributed by atoms with Crippen LogP contribution in [0.1, 0.15) is 23.9 Å². The first-order valence-corrected chi connectivity index (χ1v) is 4.88. The molecule has 0 bridgehead atoms. The monoisotopic (exact) mass is 318 g/mol. The second-order valence-electron chi connectivity index (χ2n) is 2.49. The number of rotatable bonds is 1. The third-order valence-corrected chi connectivity index (χ3v) is 2.36. The normalized spacial score (nSPS) is 9.73. The third kappa shape index (κ3) is 1.81. The molecule has 0 spiro atoms. The average Bonchev–Trinajstić information content (AvgIpc) is 1.94. The first-order valence-electron chi connectivity index (χ1n) is 3.42. The first kappa shape index (κ1) is 8.73. The van der Waals surface area contributed by atoms with Crippen molar-refractivity contribution in [3.05, 3.63) is 23.3 Å². The second-order valence-corrected chi connectivity index (χ2v) is 4.69. The maximum absolute atomic E-state index is 4.21. The summed E-state index contributed by atoms with van der Waals surface area (Å²) in [5.74, 6) is 0. The van der Waals surface area contributed by atoms with E-state index in [0.29, 0.717) is 0 Å². The number of aromatic nitrogens is 2. The van der Waals surface area contributed by atoms with Gasteiger partial charge in [-0.05, 0) is 0 Å². The fourth-order valence-electron chi connectivity index (χ4n) is 0.893. The van der Waals surface area contributed by atoms with E-state index in [-0.39, 0.29) is 0 Å². The Morgan fingerprint density at radius 2 is 2.00 bits per heavy atom. The molecule has 0 saturated heterocycles. The third-order valence-electron chi connectivity index (χ3n) is 1.67. The Morgan fingerprint density at radius 1 is 1.36 bits per heavy atom. The Hall–Kier alpha value is -0.362. The molecule has 11 heavy (non-hydrogen) atoms. The summed E-state index contributed by atoms with van der Waals surface area (Å²) in [5.41, 5.74) is 3.41. The minimum absolute atomic E-state index is 1.08. The molecule has 1 heterocycles. The standard InChI is InChI=1S/C8H10N2.W/c1-4-8-6(2)7(3)9-5-10-8;/h5H,1-3H3;. The molecule has 0 amide bonds. The van der Waals surface area contributed by atoms with Crippen LogP contribution in [0.15, 0.2) is 6.33 Å². The van der Waals surface area contributed by atoms with Gasteiger partial charge in [-0.1, -0.05) is 0 Å². The summed E-state index contributed by atoms with van der Waals surface area (Å²) in [6.07, 6.45) is 1.63. The summed E-state index contributed by atoms with van der Waals surface area (Å²) >= 11 is 1.47. The van der Waals surface area contributed by atoms with Gasteiger partial charge in [0.1, 0.15) is 0 Å². The molecular formula is C8H10N2W. The molecule has 1 aromatic heterocycles. The molecule has 0 aromatic carbocycles. The fraction of sp³-hybridized carbons (Fsp3) is 0.375. The molecule has 0 atom stereocenters. The summed E-state index contributed by atoms with van der Waals surface area (Å²) in [5, 5.41) is 0. The molecule has 2 nitrogen and oxygen atoms in total. The van der Waals surface area contributed by atoms with Gasteiger partial charge >= 0.3 is 77.3 Å². The number of hydrogen-bond donors (Lipinski definition) is 0. The molecule has 58 valence electrons. The Morgan fingerprint density at radius 3 is 2.45 bits per heavy atom.